The minimum absolute atomic E-state index is 0.553. The second-order valence-corrected chi connectivity index (χ2v) is 6.97. The number of nitrogens with two attached hydrogens (primary N) is 1. The molecule has 4 heteroatoms. The fraction of sp³-hybridized carbons (Fsp3) is 0.647. The van der Waals surface area contributed by atoms with Crippen LogP contribution in [0.1, 0.15) is 55.8 Å². The number of hydrogen-bond acceptors (Lipinski definition) is 3. The summed E-state index contributed by atoms with van der Waals surface area (Å²) in [7, 11) is 0. The number of aliphatic imine (C=N–C) groups is 1. The summed E-state index contributed by atoms with van der Waals surface area (Å²) in [6, 6.07) is 0.553. The summed E-state index contributed by atoms with van der Waals surface area (Å²) in [6.07, 6.45) is 11.6. The zero-order chi connectivity index (χ0) is 14.4. The Bertz CT molecular complexity index is 588. The smallest absolute Gasteiger partial charge is 0.0749 e. The van der Waals surface area contributed by atoms with Crippen LogP contribution in [0.4, 0.5) is 0 Å². The molecule has 0 saturated heterocycles. The van der Waals surface area contributed by atoms with Crippen molar-refractivity contribution >= 4 is 5.71 Å². The lowest BCUT2D eigenvalue weighted by atomic mass is 9.80. The average molecular weight is 284 g/mol. The molecule has 0 bridgehead atoms. The van der Waals surface area contributed by atoms with Gasteiger partial charge in [0.05, 0.1) is 17.4 Å². The number of hydrogen-bond donors (Lipinski definition) is 1. The normalized spacial score (nSPS) is 31.9. The summed E-state index contributed by atoms with van der Waals surface area (Å²) >= 11 is 0. The molecule has 1 aromatic rings. The van der Waals surface area contributed by atoms with Gasteiger partial charge in [0.25, 0.3) is 0 Å². The zero-order valence-electron chi connectivity index (χ0n) is 12.7. The molecule has 2 heterocycles. The lowest BCUT2D eigenvalue weighted by molar-refractivity contribution is 0.189. The predicted octanol–water partition coefficient (Wildman–Crippen LogP) is 2.67. The van der Waals surface area contributed by atoms with Gasteiger partial charge in [0.15, 0.2) is 0 Å². The van der Waals surface area contributed by atoms with Gasteiger partial charge in [0.2, 0.25) is 0 Å². The van der Waals surface area contributed by atoms with Gasteiger partial charge in [-0.3, -0.25) is 9.67 Å². The van der Waals surface area contributed by atoms with Crippen molar-refractivity contribution in [2.75, 3.05) is 13.1 Å². The Morgan fingerprint density at radius 1 is 1.33 bits per heavy atom. The first kappa shape index (κ1) is 13.3. The van der Waals surface area contributed by atoms with E-state index in [0.717, 1.165) is 18.8 Å². The topological polar surface area (TPSA) is 56.2 Å². The van der Waals surface area contributed by atoms with Gasteiger partial charge >= 0.3 is 0 Å². The van der Waals surface area contributed by atoms with E-state index in [9.17, 15) is 0 Å². The van der Waals surface area contributed by atoms with Gasteiger partial charge in [-0.2, -0.15) is 5.10 Å². The number of nitrogens with zero attached hydrogens (tertiary/aromatic N) is 3. The zero-order valence-corrected chi connectivity index (χ0v) is 12.7. The van der Waals surface area contributed by atoms with Crippen LogP contribution in [-0.4, -0.2) is 28.6 Å². The van der Waals surface area contributed by atoms with Gasteiger partial charge in [-0.15, -0.1) is 0 Å². The lowest BCUT2D eigenvalue weighted by Crippen LogP contribution is -2.32. The van der Waals surface area contributed by atoms with Gasteiger partial charge in [0.1, 0.15) is 0 Å². The molecule has 4 rings (SSSR count). The Morgan fingerprint density at radius 3 is 2.76 bits per heavy atom. The van der Waals surface area contributed by atoms with Gasteiger partial charge < -0.3 is 5.73 Å². The summed E-state index contributed by atoms with van der Waals surface area (Å²) in [6.45, 7) is 3.93. The Hall–Kier alpha value is -1.42. The molecule has 2 fully saturated rings. The summed E-state index contributed by atoms with van der Waals surface area (Å²) in [4.78, 5) is 4.76. The van der Waals surface area contributed by atoms with E-state index in [0.29, 0.717) is 23.8 Å². The average Bonchev–Trinajstić information content (AvgIpc) is 3.20. The molecule has 2 saturated carbocycles. The molecule has 0 spiro atoms. The number of allylic oxidation sites excluding steroid dienone is 1. The van der Waals surface area contributed by atoms with Crippen LogP contribution in [0.2, 0.25) is 0 Å². The van der Waals surface area contributed by atoms with Crippen molar-refractivity contribution in [2.24, 2.45) is 22.6 Å². The minimum atomic E-state index is 0.553. The Labute approximate surface area is 126 Å². The SMILES string of the molecule is CC1C=CC(c2cn(C3CC(CN)C3)nc2C2CC2)=NC1. The largest absolute Gasteiger partial charge is 0.330 e. The van der Waals surface area contributed by atoms with Gasteiger partial charge in [-0.1, -0.05) is 13.0 Å². The van der Waals surface area contributed by atoms with Crippen LogP contribution < -0.4 is 5.73 Å². The maximum absolute atomic E-state index is 5.74. The van der Waals surface area contributed by atoms with E-state index in [1.54, 1.807) is 0 Å². The molecule has 1 unspecified atom stereocenters. The molecule has 4 nitrogen and oxygen atoms in total. The van der Waals surface area contributed by atoms with Crippen molar-refractivity contribution in [3.8, 4) is 0 Å². The number of aromatic nitrogens is 2. The van der Waals surface area contributed by atoms with Crippen LogP contribution in [0, 0.1) is 11.8 Å². The van der Waals surface area contributed by atoms with Crippen LogP contribution in [0.15, 0.2) is 23.3 Å². The summed E-state index contributed by atoms with van der Waals surface area (Å²) in [5.74, 6) is 1.92. The highest BCUT2D eigenvalue weighted by atomic mass is 15.3. The molecule has 0 aromatic carbocycles. The van der Waals surface area contributed by atoms with Crippen molar-refractivity contribution < 1.29 is 0 Å². The second kappa shape index (κ2) is 5.09. The van der Waals surface area contributed by atoms with Crippen molar-refractivity contribution in [1.29, 1.82) is 0 Å². The van der Waals surface area contributed by atoms with E-state index < -0.39 is 0 Å². The maximum Gasteiger partial charge on any atom is 0.0749 e. The van der Waals surface area contributed by atoms with Gasteiger partial charge in [-0.25, -0.2) is 0 Å². The maximum atomic E-state index is 5.74. The minimum Gasteiger partial charge on any atom is -0.330 e. The predicted molar refractivity (Wildman–Crippen MR) is 84.7 cm³/mol. The molecular formula is C17H24N4. The van der Waals surface area contributed by atoms with E-state index >= 15 is 0 Å². The van der Waals surface area contributed by atoms with E-state index in [1.807, 2.05) is 0 Å². The Kier molecular flexibility index (Phi) is 3.21. The van der Waals surface area contributed by atoms with E-state index in [1.165, 1.54) is 36.9 Å². The monoisotopic (exact) mass is 284 g/mol. The van der Waals surface area contributed by atoms with E-state index in [2.05, 4.69) is 30.0 Å². The fourth-order valence-electron chi connectivity index (χ4n) is 3.34. The van der Waals surface area contributed by atoms with E-state index in [4.69, 9.17) is 15.8 Å². The lowest BCUT2D eigenvalue weighted by Gasteiger charge is -2.34. The molecule has 1 aliphatic heterocycles. The quantitative estimate of drug-likeness (QED) is 0.924. The molecule has 21 heavy (non-hydrogen) atoms. The first-order valence-corrected chi connectivity index (χ1v) is 8.26. The molecule has 112 valence electrons. The highest BCUT2D eigenvalue weighted by molar-refractivity contribution is 6.09. The molecule has 2 aliphatic carbocycles. The van der Waals surface area contributed by atoms with Crippen LogP contribution in [-0.2, 0) is 0 Å². The highest BCUT2D eigenvalue weighted by Crippen LogP contribution is 2.43. The Morgan fingerprint density at radius 2 is 2.14 bits per heavy atom. The van der Waals surface area contributed by atoms with Crippen LogP contribution in [0.3, 0.4) is 0 Å². The van der Waals surface area contributed by atoms with Crippen molar-refractivity contribution in [1.82, 2.24) is 9.78 Å². The third-order valence-corrected chi connectivity index (χ3v) is 5.05. The molecule has 1 aromatic heterocycles. The molecule has 0 radical (unpaired) electrons. The standard InChI is InChI=1S/C17H24N4/c1-11-2-5-16(19-9-11)15-10-21(14-6-12(7-14)8-18)20-17(15)13-3-4-13/h2,5,10-14H,3-4,6-9,18H2,1H3. The van der Waals surface area contributed by atoms with Crippen molar-refractivity contribution in [2.45, 2.75) is 44.6 Å². The molecule has 1 atom stereocenters. The molecule has 0 amide bonds. The third-order valence-electron chi connectivity index (χ3n) is 5.05. The number of dihydropyridines is 1. The van der Waals surface area contributed by atoms with Crippen molar-refractivity contribution in [3.05, 3.63) is 29.6 Å². The first-order valence-electron chi connectivity index (χ1n) is 8.26. The second-order valence-electron chi connectivity index (χ2n) is 6.97. The first-order chi connectivity index (χ1) is 10.2. The van der Waals surface area contributed by atoms with Gasteiger partial charge in [0, 0.05) is 24.2 Å². The summed E-state index contributed by atoms with van der Waals surface area (Å²) < 4.78 is 2.20. The van der Waals surface area contributed by atoms with Crippen molar-refractivity contribution in [3.63, 3.8) is 0 Å². The highest BCUT2D eigenvalue weighted by Gasteiger charge is 2.34. The van der Waals surface area contributed by atoms with E-state index in [-0.39, 0.29) is 0 Å². The summed E-state index contributed by atoms with van der Waals surface area (Å²) in [5.41, 5.74) is 9.43. The van der Waals surface area contributed by atoms with Crippen LogP contribution in [0.5, 0.6) is 0 Å². The molecule has 2 N–H and O–H groups in total. The molecular weight excluding hydrogens is 260 g/mol. The third kappa shape index (κ3) is 2.46. The summed E-state index contributed by atoms with van der Waals surface area (Å²) in [5, 5.41) is 4.92. The Balaban J connectivity index is 1.61. The fourth-order valence-corrected chi connectivity index (χ4v) is 3.34. The molecule has 3 aliphatic rings. The van der Waals surface area contributed by atoms with Gasteiger partial charge in [-0.05, 0) is 50.1 Å². The van der Waals surface area contributed by atoms with Crippen LogP contribution >= 0.6 is 0 Å². The van der Waals surface area contributed by atoms with Crippen LogP contribution in [0.25, 0.3) is 0 Å². The number of rotatable bonds is 4.